The number of aliphatic imine (C=N–C) groups is 1. The van der Waals surface area contributed by atoms with E-state index in [1.165, 1.54) is 0 Å². The molecular weight excluding hydrogens is 166 g/mol. The molecule has 0 aromatic heterocycles. The molecule has 0 saturated heterocycles. The monoisotopic (exact) mass is 183 g/mol. The molecule has 1 aliphatic rings. The lowest BCUT2D eigenvalue weighted by Crippen LogP contribution is -2.40. The van der Waals surface area contributed by atoms with E-state index in [-0.39, 0.29) is 11.2 Å². The number of carbonyl (C=O) groups excluding carboxylic acids is 1. The van der Waals surface area contributed by atoms with Gasteiger partial charge in [0.05, 0.1) is 13.1 Å². The van der Waals surface area contributed by atoms with Crippen LogP contribution in [0.25, 0.3) is 0 Å². The number of nitrogens with zero attached hydrogens (tertiary/aromatic N) is 1. The molecule has 4 heteroatoms. The van der Waals surface area contributed by atoms with E-state index in [9.17, 15) is 4.79 Å². The Balaban J connectivity index is 2.30. The Morgan fingerprint density at radius 3 is 2.77 bits per heavy atom. The molecule has 4 nitrogen and oxygen atoms in total. The van der Waals surface area contributed by atoms with Crippen molar-refractivity contribution in [1.29, 1.82) is 0 Å². The summed E-state index contributed by atoms with van der Waals surface area (Å²) < 4.78 is 0. The van der Waals surface area contributed by atoms with Crippen molar-refractivity contribution >= 4 is 11.7 Å². The van der Waals surface area contributed by atoms with E-state index in [4.69, 9.17) is 0 Å². The van der Waals surface area contributed by atoms with Crippen LogP contribution < -0.4 is 10.6 Å². The van der Waals surface area contributed by atoms with Crippen molar-refractivity contribution in [3.05, 3.63) is 0 Å². The van der Waals surface area contributed by atoms with Gasteiger partial charge in [0, 0.05) is 12.0 Å². The second-order valence-electron chi connectivity index (χ2n) is 4.18. The fraction of sp³-hybridized carbons (Fsp3) is 0.778. The minimum Gasteiger partial charge on any atom is -0.355 e. The van der Waals surface area contributed by atoms with Crippen LogP contribution in [0.4, 0.5) is 0 Å². The molecule has 2 N–H and O–H groups in total. The molecule has 0 aliphatic carbocycles. The van der Waals surface area contributed by atoms with Crippen LogP contribution in [0.5, 0.6) is 0 Å². The van der Waals surface area contributed by atoms with Gasteiger partial charge in [0.1, 0.15) is 0 Å². The fourth-order valence-electron chi connectivity index (χ4n) is 0.945. The van der Waals surface area contributed by atoms with Gasteiger partial charge >= 0.3 is 0 Å². The summed E-state index contributed by atoms with van der Waals surface area (Å²) in [5.41, 5.74) is -0.272. The number of ketones is 1. The lowest BCUT2D eigenvalue weighted by Gasteiger charge is -2.17. The maximum atomic E-state index is 11.5. The maximum Gasteiger partial charge on any atom is 0.191 e. The van der Waals surface area contributed by atoms with E-state index in [0.717, 1.165) is 19.0 Å². The predicted octanol–water partition coefficient (Wildman–Crippen LogP) is 0.150. The maximum absolute atomic E-state index is 11.5. The van der Waals surface area contributed by atoms with Crippen LogP contribution >= 0.6 is 0 Å². The Hall–Kier alpha value is -1.06. The molecule has 0 spiro atoms. The average Bonchev–Trinajstić information content (AvgIpc) is 2.50. The summed E-state index contributed by atoms with van der Waals surface area (Å²) in [7, 11) is 0. The number of hydrogen-bond donors (Lipinski definition) is 2. The molecule has 13 heavy (non-hydrogen) atoms. The third-order valence-corrected chi connectivity index (χ3v) is 1.93. The van der Waals surface area contributed by atoms with Crippen LogP contribution in [0.15, 0.2) is 4.99 Å². The molecule has 0 aromatic rings. The second-order valence-corrected chi connectivity index (χ2v) is 4.18. The molecule has 0 saturated carbocycles. The van der Waals surface area contributed by atoms with E-state index >= 15 is 0 Å². The molecule has 0 atom stereocenters. The summed E-state index contributed by atoms with van der Waals surface area (Å²) in [5.74, 6) is 0.946. The zero-order chi connectivity index (χ0) is 9.90. The van der Waals surface area contributed by atoms with E-state index in [2.05, 4.69) is 15.6 Å². The van der Waals surface area contributed by atoms with Gasteiger partial charge in [-0.15, -0.1) is 0 Å². The van der Waals surface area contributed by atoms with Crippen LogP contribution in [-0.4, -0.2) is 31.4 Å². The fourth-order valence-corrected chi connectivity index (χ4v) is 0.945. The quantitative estimate of drug-likeness (QED) is 0.640. The second kappa shape index (κ2) is 3.77. The molecule has 1 rings (SSSR count). The summed E-state index contributed by atoms with van der Waals surface area (Å²) in [4.78, 5) is 15.6. The third kappa shape index (κ3) is 3.05. The van der Waals surface area contributed by atoms with Crippen molar-refractivity contribution in [2.24, 2.45) is 10.4 Å². The number of rotatable bonds is 2. The Labute approximate surface area is 78.8 Å². The van der Waals surface area contributed by atoms with Gasteiger partial charge in [-0.25, -0.2) is 0 Å². The van der Waals surface area contributed by atoms with Crippen molar-refractivity contribution in [3.63, 3.8) is 0 Å². The first-order valence-electron chi connectivity index (χ1n) is 4.55. The van der Waals surface area contributed by atoms with Gasteiger partial charge in [0.2, 0.25) is 0 Å². The van der Waals surface area contributed by atoms with Gasteiger partial charge < -0.3 is 10.6 Å². The smallest absolute Gasteiger partial charge is 0.191 e. The van der Waals surface area contributed by atoms with Gasteiger partial charge in [-0.3, -0.25) is 9.79 Å². The number of hydrogen-bond acceptors (Lipinski definition) is 4. The molecule has 0 bridgehead atoms. The normalized spacial score (nSPS) is 16.4. The lowest BCUT2D eigenvalue weighted by molar-refractivity contribution is -0.125. The Morgan fingerprint density at radius 1 is 1.62 bits per heavy atom. The number of carbonyl (C=O) groups is 1. The van der Waals surface area contributed by atoms with Crippen molar-refractivity contribution in [2.45, 2.75) is 20.8 Å². The Bertz CT molecular complexity index is 228. The van der Waals surface area contributed by atoms with Crippen LogP contribution in [0.3, 0.4) is 0 Å². The molecule has 0 amide bonds. The molecule has 0 fully saturated rings. The van der Waals surface area contributed by atoms with Crippen molar-refractivity contribution in [1.82, 2.24) is 10.6 Å². The van der Waals surface area contributed by atoms with Gasteiger partial charge in [0.25, 0.3) is 0 Å². The highest BCUT2D eigenvalue weighted by atomic mass is 16.1. The SMILES string of the molecule is CC(C)(C)C(=O)CNC1=NCCN1. The molecule has 0 aromatic carbocycles. The van der Waals surface area contributed by atoms with Gasteiger partial charge in [0.15, 0.2) is 11.7 Å². The van der Waals surface area contributed by atoms with Crippen molar-refractivity contribution in [3.8, 4) is 0 Å². The average molecular weight is 183 g/mol. The zero-order valence-electron chi connectivity index (χ0n) is 8.48. The first kappa shape index (κ1) is 10.0. The zero-order valence-corrected chi connectivity index (χ0v) is 8.48. The first-order chi connectivity index (χ1) is 6.00. The summed E-state index contributed by atoms with van der Waals surface area (Å²) >= 11 is 0. The number of guanidine groups is 1. The standard InChI is InChI=1S/C9H17N3O/c1-9(2,3)7(13)6-12-8-10-4-5-11-8/h4-6H2,1-3H3,(H2,10,11,12). The summed E-state index contributed by atoms with van der Waals surface area (Å²) in [6, 6.07) is 0. The highest BCUT2D eigenvalue weighted by Crippen LogP contribution is 2.13. The topological polar surface area (TPSA) is 53.5 Å². The summed E-state index contributed by atoms with van der Waals surface area (Å²) in [6.45, 7) is 7.77. The van der Waals surface area contributed by atoms with Gasteiger partial charge in [-0.1, -0.05) is 20.8 Å². The Morgan fingerprint density at radius 2 is 2.31 bits per heavy atom. The molecule has 1 aliphatic heterocycles. The third-order valence-electron chi connectivity index (χ3n) is 1.93. The van der Waals surface area contributed by atoms with Crippen LogP contribution in [-0.2, 0) is 4.79 Å². The molecular formula is C9H17N3O. The molecule has 0 radical (unpaired) electrons. The van der Waals surface area contributed by atoms with E-state index in [1.54, 1.807) is 0 Å². The summed E-state index contributed by atoms with van der Waals surface area (Å²) in [6.07, 6.45) is 0. The van der Waals surface area contributed by atoms with E-state index in [1.807, 2.05) is 20.8 Å². The Kier molecular flexibility index (Phi) is 2.90. The predicted molar refractivity (Wildman–Crippen MR) is 52.8 cm³/mol. The van der Waals surface area contributed by atoms with Crippen molar-refractivity contribution < 1.29 is 4.79 Å². The molecule has 1 heterocycles. The molecule has 74 valence electrons. The minimum atomic E-state index is -0.272. The lowest BCUT2D eigenvalue weighted by atomic mass is 9.91. The molecule has 0 unspecified atom stereocenters. The highest BCUT2D eigenvalue weighted by molar-refractivity contribution is 5.90. The van der Waals surface area contributed by atoms with E-state index < -0.39 is 0 Å². The van der Waals surface area contributed by atoms with Gasteiger partial charge in [-0.2, -0.15) is 0 Å². The first-order valence-corrected chi connectivity index (χ1v) is 4.55. The summed E-state index contributed by atoms with van der Waals surface area (Å²) in [5, 5.41) is 6.03. The van der Waals surface area contributed by atoms with Crippen LogP contribution in [0.1, 0.15) is 20.8 Å². The van der Waals surface area contributed by atoms with Crippen molar-refractivity contribution in [2.75, 3.05) is 19.6 Å². The number of nitrogens with one attached hydrogen (secondary N) is 2. The van der Waals surface area contributed by atoms with E-state index in [0.29, 0.717) is 6.54 Å². The van der Waals surface area contributed by atoms with Crippen LogP contribution in [0, 0.1) is 5.41 Å². The minimum absolute atomic E-state index is 0.198. The van der Waals surface area contributed by atoms with Gasteiger partial charge in [-0.05, 0) is 0 Å². The highest BCUT2D eigenvalue weighted by Gasteiger charge is 2.21. The van der Waals surface area contributed by atoms with Crippen LogP contribution in [0.2, 0.25) is 0 Å². The number of Topliss-reactive ketones (excluding diaryl/α,β-unsaturated/α-hetero) is 1. The largest absolute Gasteiger partial charge is 0.355 e.